The highest BCUT2D eigenvalue weighted by Gasteiger charge is 2.51. The lowest BCUT2D eigenvalue weighted by Gasteiger charge is -2.12. The summed E-state index contributed by atoms with van der Waals surface area (Å²) in [5.41, 5.74) is 3.57. The van der Waals surface area contributed by atoms with Gasteiger partial charge < -0.3 is 5.11 Å². The number of rotatable bonds is 3. The molecular formula is C17H15ClO2. The van der Waals surface area contributed by atoms with E-state index < -0.39 is 11.4 Å². The van der Waals surface area contributed by atoms with Gasteiger partial charge in [0.05, 0.1) is 5.41 Å². The predicted molar refractivity (Wildman–Crippen MR) is 80.2 cm³/mol. The van der Waals surface area contributed by atoms with E-state index in [0.717, 1.165) is 35.1 Å². The summed E-state index contributed by atoms with van der Waals surface area (Å²) in [6, 6.07) is 13.6. The maximum absolute atomic E-state index is 11.3. The smallest absolute Gasteiger partial charge is 0.314 e. The second-order valence-corrected chi connectivity index (χ2v) is 5.86. The first kappa shape index (κ1) is 13.2. The first-order valence-corrected chi connectivity index (χ1v) is 7.01. The zero-order valence-corrected chi connectivity index (χ0v) is 11.9. The Hall–Kier alpha value is -1.80. The van der Waals surface area contributed by atoms with Crippen LogP contribution in [-0.2, 0) is 10.2 Å². The highest BCUT2D eigenvalue weighted by atomic mass is 35.5. The van der Waals surface area contributed by atoms with Crippen molar-refractivity contribution in [3.63, 3.8) is 0 Å². The molecule has 0 aromatic heterocycles. The van der Waals surface area contributed by atoms with Crippen LogP contribution in [0, 0.1) is 6.92 Å². The molecule has 1 aliphatic rings. The van der Waals surface area contributed by atoms with E-state index in [1.807, 2.05) is 49.4 Å². The fraction of sp³-hybridized carbons (Fsp3) is 0.235. The first-order valence-electron chi connectivity index (χ1n) is 6.63. The molecule has 3 rings (SSSR count). The summed E-state index contributed by atoms with van der Waals surface area (Å²) in [4.78, 5) is 11.3. The fourth-order valence-corrected chi connectivity index (χ4v) is 2.80. The van der Waals surface area contributed by atoms with Crippen molar-refractivity contribution in [1.82, 2.24) is 0 Å². The van der Waals surface area contributed by atoms with Crippen molar-refractivity contribution >= 4 is 17.6 Å². The lowest BCUT2D eigenvalue weighted by atomic mass is 9.93. The Balaban J connectivity index is 1.98. The van der Waals surface area contributed by atoms with E-state index in [0.29, 0.717) is 5.02 Å². The lowest BCUT2D eigenvalue weighted by Crippen LogP contribution is -2.19. The Labute approximate surface area is 123 Å². The fourth-order valence-electron chi connectivity index (χ4n) is 2.63. The van der Waals surface area contributed by atoms with Crippen molar-refractivity contribution in [2.45, 2.75) is 25.2 Å². The highest BCUT2D eigenvalue weighted by Crippen LogP contribution is 2.48. The maximum Gasteiger partial charge on any atom is 0.314 e. The molecule has 0 heterocycles. The molecule has 1 saturated carbocycles. The average Bonchev–Trinajstić information content (AvgIpc) is 3.23. The van der Waals surface area contributed by atoms with Crippen LogP contribution in [0.4, 0.5) is 0 Å². The molecule has 2 aromatic carbocycles. The van der Waals surface area contributed by atoms with Crippen LogP contribution in [0.3, 0.4) is 0 Å². The molecule has 2 nitrogen and oxygen atoms in total. The second kappa shape index (κ2) is 4.64. The van der Waals surface area contributed by atoms with Crippen molar-refractivity contribution in [3.8, 4) is 11.1 Å². The number of aryl methyl sites for hydroxylation is 1. The summed E-state index contributed by atoms with van der Waals surface area (Å²) in [5.74, 6) is -0.718. The van der Waals surface area contributed by atoms with E-state index in [1.165, 1.54) is 0 Å². The number of carboxylic acids is 1. The normalized spacial score (nSPS) is 15.9. The Kier molecular flexibility index (Phi) is 3.06. The Morgan fingerprint density at radius 1 is 1.15 bits per heavy atom. The maximum atomic E-state index is 11.3. The van der Waals surface area contributed by atoms with E-state index in [-0.39, 0.29) is 0 Å². The Bertz CT molecular complexity index is 670. The Morgan fingerprint density at radius 2 is 1.80 bits per heavy atom. The quantitative estimate of drug-likeness (QED) is 0.906. The van der Waals surface area contributed by atoms with Crippen molar-refractivity contribution in [2.24, 2.45) is 0 Å². The highest BCUT2D eigenvalue weighted by molar-refractivity contribution is 6.30. The number of carboxylic acid groups (broad SMARTS) is 1. The molecule has 0 saturated heterocycles. The van der Waals surface area contributed by atoms with Gasteiger partial charge in [-0.15, -0.1) is 0 Å². The van der Waals surface area contributed by atoms with Crippen molar-refractivity contribution in [1.29, 1.82) is 0 Å². The third kappa shape index (κ3) is 2.10. The van der Waals surface area contributed by atoms with Gasteiger partial charge in [0.2, 0.25) is 0 Å². The summed E-state index contributed by atoms with van der Waals surface area (Å²) < 4.78 is 0. The molecule has 0 amide bonds. The SMILES string of the molecule is Cc1ccc(Cl)cc1-c1ccc(C2(C(=O)O)CC2)cc1. The average molecular weight is 287 g/mol. The van der Waals surface area contributed by atoms with Crippen LogP contribution in [0.5, 0.6) is 0 Å². The molecule has 102 valence electrons. The summed E-state index contributed by atoms with van der Waals surface area (Å²) in [5, 5.41) is 10.0. The number of benzene rings is 2. The monoisotopic (exact) mass is 286 g/mol. The number of carbonyl (C=O) groups is 1. The molecule has 1 fully saturated rings. The summed E-state index contributed by atoms with van der Waals surface area (Å²) >= 11 is 6.04. The molecule has 1 N–H and O–H groups in total. The van der Waals surface area contributed by atoms with Crippen LogP contribution in [0.2, 0.25) is 5.02 Å². The van der Waals surface area contributed by atoms with E-state index in [2.05, 4.69) is 0 Å². The first-order chi connectivity index (χ1) is 9.53. The Morgan fingerprint density at radius 3 is 2.35 bits per heavy atom. The molecule has 0 bridgehead atoms. The van der Waals surface area contributed by atoms with Crippen LogP contribution in [-0.4, -0.2) is 11.1 Å². The topological polar surface area (TPSA) is 37.3 Å². The van der Waals surface area contributed by atoms with Gasteiger partial charge in [0, 0.05) is 5.02 Å². The predicted octanol–water partition coefficient (Wildman–Crippen LogP) is 4.43. The molecular weight excluding hydrogens is 272 g/mol. The van der Waals surface area contributed by atoms with Gasteiger partial charge in [0.15, 0.2) is 0 Å². The van der Waals surface area contributed by atoms with Gasteiger partial charge in [-0.2, -0.15) is 0 Å². The minimum Gasteiger partial charge on any atom is -0.481 e. The minimum atomic E-state index is -0.718. The van der Waals surface area contributed by atoms with Gasteiger partial charge in [-0.25, -0.2) is 0 Å². The molecule has 1 aliphatic carbocycles. The van der Waals surface area contributed by atoms with Gasteiger partial charge >= 0.3 is 5.97 Å². The number of aliphatic carboxylic acids is 1. The van der Waals surface area contributed by atoms with E-state index >= 15 is 0 Å². The number of hydrogen-bond donors (Lipinski definition) is 1. The van der Waals surface area contributed by atoms with E-state index in [1.54, 1.807) is 0 Å². The third-order valence-electron chi connectivity index (χ3n) is 4.11. The molecule has 0 radical (unpaired) electrons. The molecule has 0 aliphatic heterocycles. The molecule has 3 heteroatoms. The summed E-state index contributed by atoms with van der Waals surface area (Å²) in [7, 11) is 0. The van der Waals surface area contributed by atoms with E-state index in [4.69, 9.17) is 11.6 Å². The molecule has 20 heavy (non-hydrogen) atoms. The van der Waals surface area contributed by atoms with Crippen LogP contribution in [0.1, 0.15) is 24.0 Å². The zero-order valence-electron chi connectivity index (χ0n) is 11.2. The minimum absolute atomic E-state index is 0.637. The second-order valence-electron chi connectivity index (χ2n) is 5.42. The van der Waals surface area contributed by atoms with Crippen LogP contribution >= 0.6 is 11.6 Å². The number of hydrogen-bond acceptors (Lipinski definition) is 1. The van der Waals surface area contributed by atoms with Crippen molar-refractivity contribution in [2.75, 3.05) is 0 Å². The summed E-state index contributed by atoms with van der Waals surface area (Å²) in [6.45, 7) is 2.04. The van der Waals surface area contributed by atoms with Crippen molar-refractivity contribution in [3.05, 3.63) is 58.6 Å². The van der Waals surface area contributed by atoms with Gasteiger partial charge in [-0.05, 0) is 54.2 Å². The van der Waals surface area contributed by atoms with Crippen LogP contribution in [0.25, 0.3) is 11.1 Å². The van der Waals surface area contributed by atoms with Crippen LogP contribution in [0.15, 0.2) is 42.5 Å². The van der Waals surface area contributed by atoms with Crippen LogP contribution < -0.4 is 0 Å². The molecule has 0 unspecified atom stereocenters. The third-order valence-corrected chi connectivity index (χ3v) is 4.34. The largest absolute Gasteiger partial charge is 0.481 e. The summed E-state index contributed by atoms with van der Waals surface area (Å²) in [6.07, 6.45) is 1.47. The van der Waals surface area contributed by atoms with Gasteiger partial charge in [-0.3, -0.25) is 4.79 Å². The lowest BCUT2D eigenvalue weighted by molar-refractivity contribution is -0.140. The van der Waals surface area contributed by atoms with Gasteiger partial charge in [-0.1, -0.05) is 41.9 Å². The zero-order chi connectivity index (χ0) is 14.3. The molecule has 2 aromatic rings. The van der Waals surface area contributed by atoms with Gasteiger partial charge in [0.25, 0.3) is 0 Å². The van der Waals surface area contributed by atoms with Gasteiger partial charge in [0.1, 0.15) is 0 Å². The number of halogens is 1. The molecule has 0 atom stereocenters. The standard InChI is InChI=1S/C17H15ClO2/c1-11-2-7-14(18)10-15(11)12-3-5-13(6-4-12)17(8-9-17)16(19)20/h2-7,10H,8-9H2,1H3,(H,19,20). The van der Waals surface area contributed by atoms with Crippen molar-refractivity contribution < 1.29 is 9.90 Å². The van der Waals surface area contributed by atoms with E-state index in [9.17, 15) is 9.90 Å². The molecule has 0 spiro atoms.